The monoisotopic (exact) mass is 632 g/mol. The molecule has 0 radical (unpaired) electrons. The number of esters is 1. The second-order valence-electron chi connectivity index (χ2n) is 11.9. The van der Waals surface area contributed by atoms with Crippen LogP contribution in [-0.2, 0) is 33.9 Å². The van der Waals surface area contributed by atoms with Gasteiger partial charge in [0.2, 0.25) is 27.7 Å². The first kappa shape index (κ1) is 36.7. The molecule has 0 saturated carbocycles. The first-order valence-electron chi connectivity index (χ1n) is 15.0. The lowest BCUT2D eigenvalue weighted by Gasteiger charge is -2.36. The van der Waals surface area contributed by atoms with Crippen molar-refractivity contribution in [3.8, 4) is 0 Å². The Kier molecular flexibility index (Phi) is 13.8. The van der Waals surface area contributed by atoms with Gasteiger partial charge in [-0.15, -0.1) is 13.2 Å². The molecule has 12 heteroatoms. The molecule has 0 spiro atoms. The molecule has 1 aliphatic heterocycles. The SMILES string of the molecule is C=CCC(NC(=O)[C@H](CC(C)C)NC(=O)[C@@H]1CCCN1C(=O)C(C(C)C)N(CC=C)S(=O)(=O)c1ccc(C)cc1)C(=O)OC. The molecule has 1 fully saturated rings. The van der Waals surface area contributed by atoms with Crippen LogP contribution in [0.2, 0.25) is 0 Å². The molecule has 244 valence electrons. The van der Waals surface area contributed by atoms with Gasteiger partial charge in [-0.25, -0.2) is 13.2 Å². The van der Waals surface area contributed by atoms with E-state index in [0.29, 0.717) is 12.8 Å². The Hall–Kier alpha value is -3.51. The van der Waals surface area contributed by atoms with Crippen molar-refractivity contribution >= 4 is 33.7 Å². The Morgan fingerprint density at radius 2 is 1.68 bits per heavy atom. The van der Waals surface area contributed by atoms with Gasteiger partial charge in [-0.2, -0.15) is 4.31 Å². The molecule has 1 aromatic rings. The van der Waals surface area contributed by atoms with E-state index in [0.717, 1.165) is 9.87 Å². The lowest BCUT2D eigenvalue weighted by Crippen LogP contribution is -2.58. The average Bonchev–Trinajstić information content (AvgIpc) is 3.46. The van der Waals surface area contributed by atoms with E-state index in [-0.39, 0.29) is 36.7 Å². The van der Waals surface area contributed by atoms with E-state index in [1.807, 2.05) is 20.8 Å². The highest BCUT2D eigenvalue weighted by Gasteiger charge is 2.44. The average molecular weight is 633 g/mol. The zero-order chi connectivity index (χ0) is 33.2. The van der Waals surface area contributed by atoms with Gasteiger partial charge in [0.15, 0.2) is 0 Å². The van der Waals surface area contributed by atoms with Crippen LogP contribution in [0.5, 0.6) is 0 Å². The number of hydrogen-bond acceptors (Lipinski definition) is 7. The van der Waals surface area contributed by atoms with Crippen molar-refractivity contribution in [2.45, 2.75) is 89.4 Å². The Balaban J connectivity index is 2.36. The minimum absolute atomic E-state index is 0.0214. The Morgan fingerprint density at radius 1 is 1.05 bits per heavy atom. The summed E-state index contributed by atoms with van der Waals surface area (Å²) in [5.74, 6) is -2.60. The van der Waals surface area contributed by atoms with E-state index in [2.05, 4.69) is 23.8 Å². The van der Waals surface area contributed by atoms with Crippen molar-refractivity contribution in [3.63, 3.8) is 0 Å². The zero-order valence-electron chi connectivity index (χ0n) is 26.7. The molecule has 2 N–H and O–H groups in total. The molecule has 1 aromatic carbocycles. The second kappa shape index (κ2) is 16.5. The van der Waals surface area contributed by atoms with Crippen LogP contribution in [0.25, 0.3) is 0 Å². The largest absolute Gasteiger partial charge is 0.467 e. The molecule has 3 amide bonds. The van der Waals surface area contributed by atoms with Gasteiger partial charge in [0, 0.05) is 13.1 Å². The zero-order valence-corrected chi connectivity index (χ0v) is 27.6. The molecule has 0 bridgehead atoms. The van der Waals surface area contributed by atoms with Crippen molar-refractivity contribution in [1.82, 2.24) is 19.8 Å². The van der Waals surface area contributed by atoms with E-state index in [9.17, 15) is 27.6 Å². The molecule has 1 heterocycles. The summed E-state index contributed by atoms with van der Waals surface area (Å²) in [4.78, 5) is 54.7. The molecule has 0 aromatic heterocycles. The molecule has 1 aliphatic rings. The quantitative estimate of drug-likeness (QED) is 0.211. The first-order valence-corrected chi connectivity index (χ1v) is 16.4. The van der Waals surface area contributed by atoms with E-state index in [1.54, 1.807) is 26.0 Å². The van der Waals surface area contributed by atoms with Gasteiger partial charge >= 0.3 is 5.97 Å². The third-order valence-electron chi connectivity index (χ3n) is 7.51. The number of carbonyl (C=O) groups is 4. The molecule has 1 saturated heterocycles. The van der Waals surface area contributed by atoms with Crippen LogP contribution in [0.15, 0.2) is 54.5 Å². The van der Waals surface area contributed by atoms with Crippen LogP contribution < -0.4 is 10.6 Å². The lowest BCUT2D eigenvalue weighted by atomic mass is 10.0. The summed E-state index contributed by atoms with van der Waals surface area (Å²) in [5.41, 5.74) is 0.896. The summed E-state index contributed by atoms with van der Waals surface area (Å²) in [6, 6.07) is 2.48. The number of aryl methyl sites for hydroxylation is 1. The van der Waals surface area contributed by atoms with Gasteiger partial charge in [0.05, 0.1) is 12.0 Å². The number of ether oxygens (including phenoxy) is 1. The highest BCUT2D eigenvalue weighted by atomic mass is 32.2. The number of sulfonamides is 1. The van der Waals surface area contributed by atoms with Gasteiger partial charge in [-0.3, -0.25) is 14.4 Å². The molecule has 2 rings (SSSR count). The lowest BCUT2D eigenvalue weighted by molar-refractivity contribution is -0.146. The molecule has 11 nitrogen and oxygen atoms in total. The maximum Gasteiger partial charge on any atom is 0.328 e. The van der Waals surface area contributed by atoms with Crippen molar-refractivity contribution < 1.29 is 32.3 Å². The summed E-state index contributed by atoms with van der Waals surface area (Å²) >= 11 is 0. The van der Waals surface area contributed by atoms with Crippen molar-refractivity contribution in [2.75, 3.05) is 20.2 Å². The van der Waals surface area contributed by atoms with E-state index in [1.165, 1.54) is 36.3 Å². The third kappa shape index (κ3) is 9.25. The summed E-state index contributed by atoms with van der Waals surface area (Å²) < 4.78 is 33.5. The van der Waals surface area contributed by atoms with Crippen LogP contribution in [0.4, 0.5) is 0 Å². The number of nitrogens with zero attached hydrogens (tertiary/aromatic N) is 2. The first-order chi connectivity index (χ1) is 20.7. The van der Waals surface area contributed by atoms with Crippen LogP contribution in [0, 0.1) is 18.8 Å². The molecule has 4 atom stereocenters. The molecule has 2 unspecified atom stereocenters. The van der Waals surface area contributed by atoms with Gasteiger partial charge in [-0.1, -0.05) is 57.5 Å². The summed E-state index contributed by atoms with van der Waals surface area (Å²) in [7, 11) is -2.87. The number of nitrogens with one attached hydrogen (secondary N) is 2. The predicted octanol–water partition coefficient (Wildman–Crippen LogP) is 2.95. The molecule has 44 heavy (non-hydrogen) atoms. The standard InChI is InChI=1S/C32H48N4O7S/c1-9-12-25(32(40)43-8)33-29(37)26(20-21(3)4)34-30(38)27-13-11-19-35(27)31(39)28(22(5)6)36(18-10-2)44(41,42)24-16-14-23(7)15-17-24/h9-10,14-17,21-22,25-28H,1-2,11-13,18-20H2,3-8H3,(H,33,37)(H,34,38)/t25?,26-,27-,28?/m0/s1. The number of carbonyl (C=O) groups excluding carboxylic acids is 4. The number of amides is 3. The van der Waals surface area contributed by atoms with Gasteiger partial charge in [0.1, 0.15) is 24.2 Å². The number of rotatable bonds is 16. The van der Waals surface area contributed by atoms with E-state index in [4.69, 9.17) is 4.74 Å². The Morgan fingerprint density at radius 3 is 2.20 bits per heavy atom. The van der Waals surface area contributed by atoms with Crippen LogP contribution in [0.3, 0.4) is 0 Å². The predicted molar refractivity (Wildman–Crippen MR) is 169 cm³/mol. The highest BCUT2D eigenvalue weighted by Crippen LogP contribution is 2.27. The second-order valence-corrected chi connectivity index (χ2v) is 13.7. The smallest absolute Gasteiger partial charge is 0.328 e. The molecular weight excluding hydrogens is 584 g/mol. The van der Waals surface area contributed by atoms with Gasteiger partial charge in [0.25, 0.3) is 0 Å². The fourth-order valence-electron chi connectivity index (χ4n) is 5.31. The number of benzene rings is 1. The fraction of sp³-hybridized carbons (Fsp3) is 0.562. The Labute approximate surface area is 262 Å². The highest BCUT2D eigenvalue weighted by molar-refractivity contribution is 7.89. The summed E-state index contributed by atoms with van der Waals surface area (Å²) in [5, 5.41) is 5.43. The van der Waals surface area contributed by atoms with Crippen molar-refractivity contribution in [3.05, 3.63) is 55.1 Å². The van der Waals surface area contributed by atoms with E-state index < -0.39 is 63.8 Å². The maximum atomic E-state index is 14.1. The normalized spacial score (nSPS) is 17.2. The number of methoxy groups -OCH3 is 1. The summed E-state index contributed by atoms with van der Waals surface area (Å²) in [6.45, 7) is 16.7. The summed E-state index contributed by atoms with van der Waals surface area (Å²) in [6.07, 6.45) is 4.24. The van der Waals surface area contributed by atoms with Crippen molar-refractivity contribution in [1.29, 1.82) is 0 Å². The van der Waals surface area contributed by atoms with Crippen LogP contribution >= 0.6 is 0 Å². The third-order valence-corrected chi connectivity index (χ3v) is 9.38. The maximum absolute atomic E-state index is 14.1. The topological polar surface area (TPSA) is 142 Å². The number of hydrogen-bond donors (Lipinski definition) is 2. The van der Waals surface area contributed by atoms with Gasteiger partial charge in [-0.05, 0) is 56.6 Å². The minimum atomic E-state index is -4.09. The fourth-order valence-corrected chi connectivity index (χ4v) is 7.00. The Bertz CT molecular complexity index is 1290. The van der Waals surface area contributed by atoms with Crippen LogP contribution in [0.1, 0.15) is 58.9 Å². The molecule has 0 aliphatic carbocycles. The van der Waals surface area contributed by atoms with E-state index >= 15 is 0 Å². The van der Waals surface area contributed by atoms with Crippen LogP contribution in [-0.4, -0.2) is 85.7 Å². The molecular formula is C32H48N4O7S. The minimum Gasteiger partial charge on any atom is -0.467 e. The van der Waals surface area contributed by atoms with Gasteiger partial charge < -0.3 is 20.3 Å². The number of likely N-dealkylation sites (tertiary alicyclic amines) is 1. The van der Waals surface area contributed by atoms with Crippen molar-refractivity contribution in [2.24, 2.45) is 11.8 Å².